The summed E-state index contributed by atoms with van der Waals surface area (Å²) >= 11 is 1.36. The van der Waals surface area contributed by atoms with Crippen molar-refractivity contribution in [1.82, 2.24) is 9.55 Å². The van der Waals surface area contributed by atoms with E-state index in [1.807, 2.05) is 41.0 Å². The summed E-state index contributed by atoms with van der Waals surface area (Å²) in [6.45, 7) is 2.77. The van der Waals surface area contributed by atoms with Gasteiger partial charge in [-0.25, -0.2) is 4.98 Å². The summed E-state index contributed by atoms with van der Waals surface area (Å²) in [7, 11) is 0. The quantitative estimate of drug-likeness (QED) is 0.318. The number of unbranched alkanes of at least 4 members (excludes halogenated alkanes) is 1. The van der Waals surface area contributed by atoms with Gasteiger partial charge in [-0.2, -0.15) is 0 Å². The second kappa shape index (κ2) is 10.4. The Bertz CT molecular complexity index is 1260. The fraction of sp³-hybridized carbons (Fsp3) is 0.414. The van der Waals surface area contributed by atoms with Gasteiger partial charge in [0.05, 0.1) is 17.0 Å². The third-order valence-electron chi connectivity index (χ3n) is 7.40. The Morgan fingerprint density at radius 3 is 2.57 bits per heavy atom. The summed E-state index contributed by atoms with van der Waals surface area (Å²) in [5.41, 5.74) is 4.89. The van der Waals surface area contributed by atoms with Gasteiger partial charge in [0.1, 0.15) is 0 Å². The van der Waals surface area contributed by atoms with Crippen molar-refractivity contribution in [3.63, 3.8) is 0 Å². The Morgan fingerprint density at radius 1 is 1.06 bits per heavy atom. The number of hydrogen-bond donors (Lipinski definition) is 1. The normalized spacial score (nSPS) is 15.9. The molecule has 1 heterocycles. The highest BCUT2D eigenvalue weighted by atomic mass is 32.2. The number of para-hydroxylation sites is 1. The van der Waals surface area contributed by atoms with Crippen LogP contribution >= 0.6 is 11.8 Å². The summed E-state index contributed by atoms with van der Waals surface area (Å²) in [5, 5.41) is 3.59. The maximum atomic E-state index is 14.2. The molecule has 0 aliphatic heterocycles. The summed E-state index contributed by atoms with van der Waals surface area (Å²) < 4.78 is 1.85. The molecule has 1 N–H and O–H groups in total. The van der Waals surface area contributed by atoms with Gasteiger partial charge in [0.15, 0.2) is 5.16 Å². The number of rotatable bonds is 7. The molecule has 1 saturated carbocycles. The third kappa shape index (κ3) is 4.81. The van der Waals surface area contributed by atoms with Crippen LogP contribution in [0.15, 0.2) is 64.5 Å². The molecule has 0 unspecified atom stereocenters. The molecule has 0 saturated heterocycles. The van der Waals surface area contributed by atoms with Gasteiger partial charge in [-0.3, -0.25) is 14.2 Å². The van der Waals surface area contributed by atoms with Gasteiger partial charge in [0, 0.05) is 23.2 Å². The predicted octanol–water partition coefficient (Wildman–Crippen LogP) is 6.20. The van der Waals surface area contributed by atoms with E-state index in [1.165, 1.54) is 23.7 Å². The highest BCUT2D eigenvalue weighted by molar-refractivity contribution is 7.99. The monoisotopic (exact) mass is 487 g/mol. The fourth-order valence-corrected chi connectivity index (χ4v) is 6.51. The Labute approximate surface area is 211 Å². The minimum absolute atomic E-state index is 0.0978. The van der Waals surface area contributed by atoms with Crippen molar-refractivity contribution in [3.05, 3.63) is 76.1 Å². The number of aromatic nitrogens is 2. The van der Waals surface area contributed by atoms with Crippen LogP contribution in [0.5, 0.6) is 0 Å². The number of nitrogens with zero attached hydrogens (tertiary/aromatic N) is 2. The predicted molar refractivity (Wildman–Crippen MR) is 143 cm³/mol. The summed E-state index contributed by atoms with van der Waals surface area (Å²) in [4.78, 5) is 32.0. The van der Waals surface area contributed by atoms with Crippen molar-refractivity contribution in [2.24, 2.45) is 0 Å². The molecule has 2 aromatic carbocycles. The Morgan fingerprint density at radius 2 is 1.80 bits per heavy atom. The lowest BCUT2D eigenvalue weighted by atomic mass is 9.62. The molecule has 3 aromatic rings. The van der Waals surface area contributed by atoms with Crippen molar-refractivity contribution < 1.29 is 4.79 Å². The first kappa shape index (κ1) is 23.9. The first-order valence-electron chi connectivity index (χ1n) is 12.8. The largest absolute Gasteiger partial charge is 0.325 e. The highest BCUT2D eigenvalue weighted by Crippen LogP contribution is 2.48. The number of fused-ring (bicyclic) bond motifs is 4. The molecule has 1 spiro atoms. The fourth-order valence-electron chi connectivity index (χ4n) is 5.69. The van der Waals surface area contributed by atoms with E-state index < -0.39 is 0 Å². The first-order chi connectivity index (χ1) is 17.1. The maximum absolute atomic E-state index is 14.2. The zero-order valence-corrected chi connectivity index (χ0v) is 21.2. The average molecular weight is 488 g/mol. The molecular formula is C29H33N3O2S. The molecule has 2 aliphatic carbocycles. The lowest BCUT2D eigenvalue weighted by molar-refractivity contribution is -0.113. The Kier molecular flexibility index (Phi) is 7.09. The average Bonchev–Trinajstić information content (AvgIpc) is 2.88. The molecule has 2 aliphatic rings. The van der Waals surface area contributed by atoms with Crippen LogP contribution in [0.3, 0.4) is 0 Å². The lowest BCUT2D eigenvalue weighted by Gasteiger charge is -2.42. The Balaban J connectivity index is 1.55. The standard InChI is InChI=1S/C29H33N3O2S/c1-2-3-18-32-27(34)25-26(31-28(32)35-20-24(33)30-22-13-6-4-7-14-22)23-15-9-8-12-21(23)19-29(25)16-10-5-11-17-29/h4,6-9,12-15H,2-3,5,10-11,16-20H2,1H3,(H,30,33). The highest BCUT2D eigenvalue weighted by Gasteiger charge is 2.43. The maximum Gasteiger partial charge on any atom is 0.258 e. The van der Waals surface area contributed by atoms with Gasteiger partial charge >= 0.3 is 0 Å². The smallest absolute Gasteiger partial charge is 0.258 e. The lowest BCUT2D eigenvalue weighted by Crippen LogP contribution is -2.43. The van der Waals surface area contributed by atoms with Gasteiger partial charge in [0.25, 0.3) is 5.56 Å². The van der Waals surface area contributed by atoms with Crippen molar-refractivity contribution in [1.29, 1.82) is 0 Å². The van der Waals surface area contributed by atoms with E-state index in [-0.39, 0.29) is 22.6 Å². The number of nitrogens with one attached hydrogen (secondary N) is 1. The minimum Gasteiger partial charge on any atom is -0.325 e. The van der Waals surface area contributed by atoms with Crippen LogP contribution in [0.4, 0.5) is 5.69 Å². The number of carbonyl (C=O) groups excluding carboxylic acids is 1. The molecule has 5 nitrogen and oxygen atoms in total. The molecular weight excluding hydrogens is 454 g/mol. The number of benzene rings is 2. The molecule has 0 bridgehead atoms. The van der Waals surface area contributed by atoms with E-state index in [2.05, 4.69) is 30.4 Å². The third-order valence-corrected chi connectivity index (χ3v) is 8.38. The van der Waals surface area contributed by atoms with E-state index in [0.29, 0.717) is 11.7 Å². The molecule has 1 amide bonds. The summed E-state index contributed by atoms with van der Waals surface area (Å²) in [6, 6.07) is 17.9. The van der Waals surface area contributed by atoms with Gasteiger partial charge in [-0.1, -0.05) is 86.8 Å². The van der Waals surface area contributed by atoms with Crippen LogP contribution in [0.1, 0.15) is 63.0 Å². The van der Waals surface area contributed by atoms with Crippen LogP contribution in [0.25, 0.3) is 11.3 Å². The zero-order chi connectivity index (χ0) is 24.3. The molecule has 5 rings (SSSR count). The number of carbonyl (C=O) groups is 1. The van der Waals surface area contributed by atoms with Crippen molar-refractivity contribution in [2.45, 2.75) is 75.4 Å². The molecule has 182 valence electrons. The van der Waals surface area contributed by atoms with Crippen molar-refractivity contribution in [3.8, 4) is 11.3 Å². The first-order valence-corrected chi connectivity index (χ1v) is 13.8. The van der Waals surface area contributed by atoms with E-state index in [1.54, 1.807) is 0 Å². The molecule has 0 radical (unpaired) electrons. The number of hydrogen-bond acceptors (Lipinski definition) is 4. The SMILES string of the molecule is CCCCn1c(SCC(=O)Nc2ccccc2)nc2c(c1=O)C1(CCCCC1)Cc1ccccc1-2. The minimum atomic E-state index is -0.117. The molecule has 1 fully saturated rings. The van der Waals surface area contributed by atoms with Crippen LogP contribution in [0.2, 0.25) is 0 Å². The zero-order valence-electron chi connectivity index (χ0n) is 20.4. The van der Waals surface area contributed by atoms with Crippen molar-refractivity contribution >= 4 is 23.4 Å². The van der Waals surface area contributed by atoms with Crippen LogP contribution in [-0.4, -0.2) is 21.2 Å². The molecule has 0 atom stereocenters. The number of thioether (sulfide) groups is 1. The molecule has 6 heteroatoms. The van der Waals surface area contributed by atoms with E-state index in [0.717, 1.165) is 67.5 Å². The van der Waals surface area contributed by atoms with E-state index in [4.69, 9.17) is 4.98 Å². The molecule has 1 aromatic heterocycles. The number of anilines is 1. The molecule has 35 heavy (non-hydrogen) atoms. The van der Waals surface area contributed by atoms with Gasteiger partial charge in [-0.15, -0.1) is 0 Å². The van der Waals surface area contributed by atoms with Gasteiger partial charge in [-0.05, 0) is 43.4 Å². The van der Waals surface area contributed by atoms with Crippen LogP contribution in [0, 0.1) is 0 Å². The summed E-state index contributed by atoms with van der Waals surface area (Å²) in [5.74, 6) is 0.110. The van der Waals surface area contributed by atoms with Crippen LogP contribution < -0.4 is 10.9 Å². The Hall–Kier alpha value is -2.86. The van der Waals surface area contributed by atoms with Gasteiger partial charge < -0.3 is 5.32 Å². The van der Waals surface area contributed by atoms with E-state index >= 15 is 0 Å². The van der Waals surface area contributed by atoms with Crippen LogP contribution in [-0.2, 0) is 23.2 Å². The topological polar surface area (TPSA) is 64.0 Å². The van der Waals surface area contributed by atoms with E-state index in [9.17, 15) is 9.59 Å². The van der Waals surface area contributed by atoms with Gasteiger partial charge in [0.2, 0.25) is 5.91 Å². The summed E-state index contributed by atoms with van der Waals surface area (Å²) in [6.07, 6.45) is 8.48. The number of amides is 1. The second-order valence-corrected chi connectivity index (χ2v) is 10.7. The second-order valence-electron chi connectivity index (χ2n) is 9.81. The van der Waals surface area contributed by atoms with Crippen molar-refractivity contribution in [2.75, 3.05) is 11.1 Å².